The van der Waals surface area contributed by atoms with Crippen LogP contribution >= 0.6 is 23.2 Å². The summed E-state index contributed by atoms with van der Waals surface area (Å²) >= 11 is 12.2. The highest BCUT2D eigenvalue weighted by Gasteiger charge is 2.22. The van der Waals surface area contributed by atoms with Crippen molar-refractivity contribution in [2.45, 2.75) is 25.2 Å². The second kappa shape index (κ2) is 9.04. The Balaban J connectivity index is 1.19. The number of nitrogens with zero attached hydrogens (tertiary/aromatic N) is 2. The van der Waals surface area contributed by atoms with Crippen LogP contribution in [0.5, 0.6) is 0 Å². The highest BCUT2D eigenvalue weighted by atomic mass is 35.5. The first-order valence-electron chi connectivity index (χ1n) is 10.9. The molecule has 1 aliphatic heterocycles. The van der Waals surface area contributed by atoms with Crippen LogP contribution in [0.4, 0.5) is 0 Å². The predicted molar refractivity (Wildman–Crippen MR) is 130 cm³/mol. The van der Waals surface area contributed by atoms with Crippen LogP contribution in [0.25, 0.3) is 22.0 Å². The van der Waals surface area contributed by atoms with Gasteiger partial charge in [-0.25, -0.2) is 0 Å². The maximum absolute atomic E-state index is 6.17. The van der Waals surface area contributed by atoms with Crippen LogP contribution in [-0.4, -0.2) is 34.7 Å². The van der Waals surface area contributed by atoms with E-state index in [2.05, 4.69) is 63.6 Å². The number of aromatic amines is 1. The Morgan fingerprint density at radius 3 is 2.55 bits per heavy atom. The van der Waals surface area contributed by atoms with Crippen LogP contribution in [0.15, 0.2) is 66.7 Å². The van der Waals surface area contributed by atoms with Gasteiger partial charge in [0, 0.05) is 23.7 Å². The average Bonchev–Trinajstić information content (AvgIpc) is 3.30. The zero-order chi connectivity index (χ0) is 21.2. The molecule has 0 spiro atoms. The molecule has 0 amide bonds. The number of halogens is 2. The Morgan fingerprint density at radius 1 is 0.903 bits per heavy atom. The Morgan fingerprint density at radius 2 is 1.71 bits per heavy atom. The van der Waals surface area contributed by atoms with Gasteiger partial charge in [0.25, 0.3) is 0 Å². The van der Waals surface area contributed by atoms with Gasteiger partial charge in [0.05, 0.1) is 15.7 Å². The largest absolute Gasteiger partial charge is 0.303 e. The minimum absolute atomic E-state index is 0.526. The SMILES string of the molecule is Clc1ccc(-c2cc(C3CCN(CCc4cccc5ccccc45)CC3)[nH]n2)cc1Cl. The number of hydrogen-bond donors (Lipinski definition) is 1. The fourth-order valence-electron chi connectivity index (χ4n) is 4.61. The molecule has 0 aliphatic carbocycles. The van der Waals surface area contributed by atoms with Crippen molar-refractivity contribution in [1.82, 2.24) is 15.1 Å². The molecule has 5 heteroatoms. The van der Waals surface area contributed by atoms with E-state index >= 15 is 0 Å². The first-order chi connectivity index (χ1) is 15.2. The summed E-state index contributed by atoms with van der Waals surface area (Å²) in [4.78, 5) is 2.59. The molecule has 0 bridgehead atoms. The number of H-pyrrole nitrogens is 1. The normalized spacial score (nSPS) is 15.5. The zero-order valence-corrected chi connectivity index (χ0v) is 18.8. The molecule has 158 valence electrons. The summed E-state index contributed by atoms with van der Waals surface area (Å²) in [5.41, 5.74) is 4.58. The van der Waals surface area contributed by atoms with Gasteiger partial charge < -0.3 is 4.90 Å². The number of rotatable bonds is 5. The van der Waals surface area contributed by atoms with Crippen molar-refractivity contribution in [1.29, 1.82) is 0 Å². The molecule has 0 radical (unpaired) electrons. The van der Waals surface area contributed by atoms with Crippen LogP contribution in [0, 0.1) is 0 Å². The van der Waals surface area contributed by atoms with Crippen molar-refractivity contribution < 1.29 is 0 Å². The number of piperidine rings is 1. The molecule has 1 saturated heterocycles. The summed E-state index contributed by atoms with van der Waals surface area (Å²) in [6.07, 6.45) is 3.40. The van der Waals surface area contributed by atoms with Crippen molar-refractivity contribution in [3.63, 3.8) is 0 Å². The van der Waals surface area contributed by atoms with E-state index in [4.69, 9.17) is 23.2 Å². The van der Waals surface area contributed by atoms with Crippen LogP contribution in [0.1, 0.15) is 30.0 Å². The van der Waals surface area contributed by atoms with E-state index in [1.54, 1.807) is 0 Å². The first-order valence-corrected chi connectivity index (χ1v) is 11.6. The molecule has 5 rings (SSSR count). The smallest absolute Gasteiger partial charge is 0.0924 e. The Bertz CT molecular complexity index is 1190. The van der Waals surface area contributed by atoms with Crippen molar-refractivity contribution in [2.24, 2.45) is 0 Å². The summed E-state index contributed by atoms with van der Waals surface area (Å²) in [5, 5.41) is 11.6. The third-order valence-electron chi connectivity index (χ3n) is 6.42. The summed E-state index contributed by atoms with van der Waals surface area (Å²) in [5.74, 6) is 0.526. The number of aromatic nitrogens is 2. The van der Waals surface area contributed by atoms with Crippen LogP contribution in [0.2, 0.25) is 10.0 Å². The molecule has 2 heterocycles. The minimum atomic E-state index is 0.526. The lowest BCUT2D eigenvalue weighted by Gasteiger charge is -2.31. The topological polar surface area (TPSA) is 31.9 Å². The van der Waals surface area contributed by atoms with Gasteiger partial charge in [0.2, 0.25) is 0 Å². The molecule has 0 atom stereocenters. The van der Waals surface area contributed by atoms with Gasteiger partial charge in [-0.05, 0) is 66.9 Å². The van der Waals surface area contributed by atoms with E-state index in [0.29, 0.717) is 16.0 Å². The molecule has 3 nitrogen and oxygen atoms in total. The first kappa shape index (κ1) is 20.6. The number of hydrogen-bond acceptors (Lipinski definition) is 2. The monoisotopic (exact) mass is 449 g/mol. The van der Waals surface area contributed by atoms with Gasteiger partial charge >= 0.3 is 0 Å². The van der Waals surface area contributed by atoms with Gasteiger partial charge in [0.15, 0.2) is 0 Å². The van der Waals surface area contributed by atoms with E-state index in [-0.39, 0.29) is 0 Å². The third-order valence-corrected chi connectivity index (χ3v) is 7.16. The highest BCUT2D eigenvalue weighted by molar-refractivity contribution is 6.42. The number of fused-ring (bicyclic) bond motifs is 1. The molecular weight excluding hydrogens is 425 g/mol. The molecule has 31 heavy (non-hydrogen) atoms. The van der Waals surface area contributed by atoms with Gasteiger partial charge in [-0.1, -0.05) is 71.7 Å². The molecule has 0 saturated carbocycles. The lowest BCUT2D eigenvalue weighted by Crippen LogP contribution is -2.34. The summed E-state index contributed by atoms with van der Waals surface area (Å²) in [7, 11) is 0. The molecule has 1 fully saturated rings. The standard InChI is InChI=1S/C26H25Cl2N3/c27-23-9-8-21(16-24(23)28)26-17-25(29-30-26)20-11-14-31(15-12-20)13-10-19-6-3-5-18-4-1-2-7-22(18)19/h1-9,16-17,20H,10-15H2,(H,29,30). The van der Waals surface area contributed by atoms with Crippen molar-refractivity contribution in [3.8, 4) is 11.3 Å². The van der Waals surface area contributed by atoms with Crippen molar-refractivity contribution in [3.05, 3.63) is 88.0 Å². The Kier molecular flexibility index (Phi) is 5.99. The van der Waals surface area contributed by atoms with E-state index in [0.717, 1.165) is 50.2 Å². The molecule has 1 N–H and O–H groups in total. The third kappa shape index (κ3) is 4.50. The van der Waals surface area contributed by atoms with E-state index < -0.39 is 0 Å². The van der Waals surface area contributed by atoms with Crippen LogP contribution in [-0.2, 0) is 6.42 Å². The second-order valence-electron chi connectivity index (χ2n) is 8.34. The highest BCUT2D eigenvalue weighted by Crippen LogP contribution is 2.32. The molecule has 1 aliphatic rings. The Labute approximate surface area is 193 Å². The van der Waals surface area contributed by atoms with E-state index in [1.807, 2.05) is 18.2 Å². The molecule has 4 aromatic rings. The van der Waals surface area contributed by atoms with E-state index in [9.17, 15) is 0 Å². The summed E-state index contributed by atoms with van der Waals surface area (Å²) in [6, 6.07) is 23.1. The lowest BCUT2D eigenvalue weighted by molar-refractivity contribution is 0.213. The van der Waals surface area contributed by atoms with Gasteiger partial charge in [0.1, 0.15) is 0 Å². The fraction of sp³-hybridized carbons (Fsp3) is 0.269. The van der Waals surface area contributed by atoms with Crippen molar-refractivity contribution in [2.75, 3.05) is 19.6 Å². The Hall–Kier alpha value is -2.33. The van der Waals surface area contributed by atoms with Crippen LogP contribution in [0.3, 0.4) is 0 Å². The maximum atomic E-state index is 6.17. The van der Waals surface area contributed by atoms with E-state index in [1.165, 1.54) is 22.0 Å². The average molecular weight is 450 g/mol. The number of benzene rings is 3. The van der Waals surface area contributed by atoms with Crippen molar-refractivity contribution >= 4 is 34.0 Å². The zero-order valence-electron chi connectivity index (χ0n) is 17.3. The van der Waals surface area contributed by atoms with Gasteiger partial charge in [-0.3, -0.25) is 5.10 Å². The predicted octanol–water partition coefficient (Wildman–Crippen LogP) is 6.96. The summed E-state index contributed by atoms with van der Waals surface area (Å²) < 4.78 is 0. The van der Waals surface area contributed by atoms with Gasteiger partial charge in [-0.15, -0.1) is 0 Å². The number of nitrogens with one attached hydrogen (secondary N) is 1. The molecule has 1 aromatic heterocycles. The molecular formula is C26H25Cl2N3. The minimum Gasteiger partial charge on any atom is -0.303 e. The summed E-state index contributed by atoms with van der Waals surface area (Å²) in [6.45, 7) is 3.35. The molecule has 0 unspecified atom stereocenters. The lowest BCUT2D eigenvalue weighted by atomic mass is 9.92. The maximum Gasteiger partial charge on any atom is 0.0924 e. The quantitative estimate of drug-likeness (QED) is 0.357. The van der Waals surface area contributed by atoms with Crippen LogP contribution < -0.4 is 0 Å². The second-order valence-corrected chi connectivity index (χ2v) is 9.16. The fourth-order valence-corrected chi connectivity index (χ4v) is 4.90. The number of likely N-dealkylation sites (tertiary alicyclic amines) is 1. The molecule has 3 aromatic carbocycles. The van der Waals surface area contributed by atoms with Gasteiger partial charge in [-0.2, -0.15) is 5.10 Å².